The lowest BCUT2D eigenvalue weighted by molar-refractivity contribution is 0.397. The number of rotatable bonds is 4. The Balaban J connectivity index is 2.30. The van der Waals surface area contributed by atoms with Crippen molar-refractivity contribution in [2.75, 3.05) is 13.4 Å². The molecule has 1 aromatic heterocycles. The van der Waals surface area contributed by atoms with Crippen molar-refractivity contribution in [1.82, 2.24) is 4.98 Å². The molecule has 29 heavy (non-hydrogen) atoms. The molecule has 0 atom stereocenters. The Kier molecular flexibility index (Phi) is 5.36. The molecular formula is C21H16F2N2O3S. The van der Waals surface area contributed by atoms with Gasteiger partial charge in [0.2, 0.25) is 5.88 Å². The molecule has 0 aliphatic carbocycles. The maximum absolute atomic E-state index is 14.2. The second kappa shape index (κ2) is 7.60. The molecule has 0 aliphatic rings. The Morgan fingerprint density at radius 2 is 1.62 bits per heavy atom. The molecule has 148 valence electrons. The van der Waals surface area contributed by atoms with Gasteiger partial charge in [-0.2, -0.15) is 5.26 Å². The molecule has 8 heteroatoms. The van der Waals surface area contributed by atoms with Crippen molar-refractivity contribution in [2.45, 2.75) is 11.8 Å². The molecule has 2 aromatic carbocycles. The van der Waals surface area contributed by atoms with Gasteiger partial charge in [-0.25, -0.2) is 22.2 Å². The number of nitriles is 1. The van der Waals surface area contributed by atoms with Gasteiger partial charge in [0.15, 0.2) is 9.84 Å². The third-order valence-electron chi connectivity index (χ3n) is 4.45. The number of ether oxygens (including phenoxy) is 1. The summed E-state index contributed by atoms with van der Waals surface area (Å²) in [5, 5.41) is 9.39. The van der Waals surface area contributed by atoms with E-state index in [2.05, 4.69) is 4.98 Å². The van der Waals surface area contributed by atoms with Crippen LogP contribution in [0.4, 0.5) is 8.78 Å². The second-order valence-electron chi connectivity index (χ2n) is 6.41. The summed E-state index contributed by atoms with van der Waals surface area (Å²) in [7, 11) is -2.05. The first-order valence-electron chi connectivity index (χ1n) is 8.41. The van der Waals surface area contributed by atoms with Crippen molar-refractivity contribution in [3.63, 3.8) is 0 Å². The van der Waals surface area contributed by atoms with E-state index in [-0.39, 0.29) is 33.2 Å². The summed E-state index contributed by atoms with van der Waals surface area (Å²) in [6.07, 6.45) is 1.09. The van der Waals surface area contributed by atoms with Crippen LogP contribution in [0.2, 0.25) is 0 Å². The SMILES string of the molecule is COc1nc(-c2cc(F)c(C)c(F)c2)c(-c2ccc(S(C)(=O)=O)cc2)cc1C#N. The average Bonchev–Trinajstić information content (AvgIpc) is 2.70. The molecule has 0 bridgehead atoms. The average molecular weight is 414 g/mol. The highest BCUT2D eigenvalue weighted by atomic mass is 32.2. The minimum atomic E-state index is -3.39. The fourth-order valence-electron chi connectivity index (χ4n) is 2.84. The molecule has 5 nitrogen and oxygen atoms in total. The topological polar surface area (TPSA) is 80.0 Å². The van der Waals surface area contributed by atoms with E-state index < -0.39 is 21.5 Å². The Labute approximate surface area is 167 Å². The van der Waals surface area contributed by atoms with E-state index in [4.69, 9.17) is 4.74 Å². The first-order valence-corrected chi connectivity index (χ1v) is 10.3. The number of hydrogen-bond acceptors (Lipinski definition) is 5. The van der Waals surface area contributed by atoms with Crippen molar-refractivity contribution >= 4 is 9.84 Å². The molecule has 3 rings (SSSR count). The third-order valence-corrected chi connectivity index (χ3v) is 5.58. The van der Waals surface area contributed by atoms with Gasteiger partial charge in [-0.1, -0.05) is 12.1 Å². The van der Waals surface area contributed by atoms with E-state index in [1.807, 2.05) is 6.07 Å². The van der Waals surface area contributed by atoms with Gasteiger partial charge >= 0.3 is 0 Å². The van der Waals surface area contributed by atoms with Gasteiger partial charge in [0.1, 0.15) is 23.3 Å². The summed E-state index contributed by atoms with van der Waals surface area (Å²) in [6, 6.07) is 11.7. The lowest BCUT2D eigenvalue weighted by Gasteiger charge is -2.14. The van der Waals surface area contributed by atoms with E-state index in [9.17, 15) is 22.5 Å². The highest BCUT2D eigenvalue weighted by molar-refractivity contribution is 7.90. The predicted octanol–water partition coefficient (Wildman–Crippen LogP) is 4.29. The number of nitrogens with zero attached hydrogens (tertiary/aromatic N) is 2. The first kappa shape index (κ1) is 20.4. The third kappa shape index (κ3) is 3.96. The molecule has 0 spiro atoms. The molecular weight excluding hydrogens is 398 g/mol. The van der Waals surface area contributed by atoms with Gasteiger partial charge < -0.3 is 4.74 Å². The number of halogens is 2. The highest BCUT2D eigenvalue weighted by Crippen LogP contribution is 2.36. The quantitative estimate of drug-likeness (QED) is 0.636. The molecule has 0 N–H and O–H groups in total. The van der Waals surface area contributed by atoms with E-state index in [1.54, 1.807) is 12.1 Å². The van der Waals surface area contributed by atoms with Gasteiger partial charge in [0, 0.05) is 22.9 Å². The summed E-state index contributed by atoms with van der Waals surface area (Å²) >= 11 is 0. The van der Waals surface area contributed by atoms with Crippen LogP contribution in [0.5, 0.6) is 5.88 Å². The normalized spacial score (nSPS) is 11.2. The zero-order valence-corrected chi connectivity index (χ0v) is 16.6. The molecule has 0 unspecified atom stereocenters. The lowest BCUT2D eigenvalue weighted by atomic mass is 9.97. The van der Waals surface area contributed by atoms with Crippen LogP contribution in [-0.4, -0.2) is 26.8 Å². The minimum absolute atomic E-state index is 0.0143. The molecule has 0 aliphatic heterocycles. The van der Waals surface area contributed by atoms with Crippen molar-refractivity contribution < 1.29 is 21.9 Å². The van der Waals surface area contributed by atoms with Crippen molar-refractivity contribution in [1.29, 1.82) is 5.26 Å². The van der Waals surface area contributed by atoms with E-state index in [1.165, 1.54) is 32.2 Å². The predicted molar refractivity (Wildman–Crippen MR) is 104 cm³/mol. The molecule has 3 aromatic rings. The molecule has 0 radical (unpaired) electrons. The van der Waals surface area contributed by atoms with Crippen molar-refractivity contribution in [3.8, 4) is 34.3 Å². The van der Waals surface area contributed by atoms with Gasteiger partial charge in [-0.15, -0.1) is 0 Å². The molecule has 1 heterocycles. The maximum Gasteiger partial charge on any atom is 0.232 e. The Hall–Kier alpha value is -3.31. The number of benzene rings is 2. The summed E-state index contributed by atoms with van der Waals surface area (Å²) in [5.41, 5.74) is 1.31. The van der Waals surface area contributed by atoms with Crippen LogP contribution < -0.4 is 4.74 Å². The second-order valence-corrected chi connectivity index (χ2v) is 8.43. The summed E-state index contributed by atoms with van der Waals surface area (Å²) in [6.45, 7) is 1.33. The van der Waals surface area contributed by atoms with Crippen LogP contribution in [0.15, 0.2) is 47.4 Å². The summed E-state index contributed by atoms with van der Waals surface area (Å²) in [4.78, 5) is 4.42. The standard InChI is InChI=1S/C21H16F2N2O3S/c1-12-18(22)9-14(10-19(12)23)20-17(8-15(11-24)21(25-20)28-2)13-4-6-16(7-5-13)29(3,26)27/h4-10H,1-3H3. The number of sulfone groups is 1. The van der Waals surface area contributed by atoms with Crippen LogP contribution in [0.1, 0.15) is 11.1 Å². The van der Waals surface area contributed by atoms with Crippen molar-refractivity contribution in [2.24, 2.45) is 0 Å². The van der Waals surface area contributed by atoms with Crippen LogP contribution in [0.25, 0.3) is 22.4 Å². The Bertz CT molecular complexity index is 1230. The van der Waals surface area contributed by atoms with Crippen LogP contribution >= 0.6 is 0 Å². The first-order chi connectivity index (χ1) is 13.7. The lowest BCUT2D eigenvalue weighted by Crippen LogP contribution is -2.00. The molecule has 0 fully saturated rings. The largest absolute Gasteiger partial charge is 0.480 e. The highest BCUT2D eigenvalue weighted by Gasteiger charge is 2.18. The smallest absolute Gasteiger partial charge is 0.232 e. The monoisotopic (exact) mass is 414 g/mol. The zero-order chi connectivity index (χ0) is 21.3. The Morgan fingerprint density at radius 1 is 1.03 bits per heavy atom. The van der Waals surface area contributed by atoms with Gasteiger partial charge in [-0.3, -0.25) is 0 Å². The Morgan fingerprint density at radius 3 is 2.10 bits per heavy atom. The number of aromatic nitrogens is 1. The molecule has 0 saturated heterocycles. The van der Waals surface area contributed by atoms with Crippen LogP contribution in [-0.2, 0) is 9.84 Å². The van der Waals surface area contributed by atoms with Crippen LogP contribution in [0, 0.1) is 29.9 Å². The molecule has 0 amide bonds. The fourth-order valence-corrected chi connectivity index (χ4v) is 3.47. The van der Waals surface area contributed by atoms with Gasteiger partial charge in [-0.05, 0) is 42.8 Å². The summed E-state index contributed by atoms with van der Waals surface area (Å²) < 4.78 is 56.9. The van der Waals surface area contributed by atoms with Gasteiger partial charge in [0.05, 0.1) is 17.7 Å². The van der Waals surface area contributed by atoms with Crippen LogP contribution in [0.3, 0.4) is 0 Å². The summed E-state index contributed by atoms with van der Waals surface area (Å²) in [5.74, 6) is -1.45. The zero-order valence-electron chi connectivity index (χ0n) is 15.8. The molecule has 0 saturated carbocycles. The fraction of sp³-hybridized carbons (Fsp3) is 0.143. The number of hydrogen-bond donors (Lipinski definition) is 0. The van der Waals surface area contributed by atoms with E-state index >= 15 is 0 Å². The number of methoxy groups -OCH3 is 1. The maximum atomic E-state index is 14.2. The van der Waals surface area contributed by atoms with Gasteiger partial charge in [0.25, 0.3) is 0 Å². The number of pyridine rings is 1. The van der Waals surface area contributed by atoms with Crippen molar-refractivity contribution in [3.05, 3.63) is 65.2 Å². The van der Waals surface area contributed by atoms with E-state index in [0.717, 1.165) is 18.4 Å². The minimum Gasteiger partial charge on any atom is -0.480 e. The van der Waals surface area contributed by atoms with E-state index in [0.29, 0.717) is 11.1 Å².